The van der Waals surface area contributed by atoms with Crippen LogP contribution in [0.3, 0.4) is 0 Å². The molecule has 0 amide bonds. The van der Waals surface area contributed by atoms with Gasteiger partial charge in [0.05, 0.1) is 10.2 Å². The second-order valence-electron chi connectivity index (χ2n) is 5.12. The molecule has 0 atom stereocenters. The molecule has 3 nitrogen and oxygen atoms in total. The minimum atomic E-state index is 0.863. The van der Waals surface area contributed by atoms with Gasteiger partial charge in [-0.15, -0.1) is 11.3 Å². The molecule has 0 bridgehead atoms. The Balaban J connectivity index is 1.32. The van der Waals surface area contributed by atoms with Gasteiger partial charge in [0.15, 0.2) is 0 Å². The second kappa shape index (κ2) is 6.46. The molecule has 102 valence electrons. The predicted molar refractivity (Wildman–Crippen MR) is 79.5 cm³/mol. The average molecular weight is 276 g/mol. The largest absolute Gasteiger partial charge is 0.381 e. The van der Waals surface area contributed by atoms with Crippen molar-refractivity contribution in [2.24, 2.45) is 5.92 Å². The Morgan fingerprint density at radius 1 is 1.32 bits per heavy atom. The van der Waals surface area contributed by atoms with E-state index in [2.05, 4.69) is 28.5 Å². The number of fused-ring (bicyclic) bond motifs is 1. The van der Waals surface area contributed by atoms with Gasteiger partial charge < -0.3 is 10.1 Å². The molecule has 1 aliphatic rings. The third-order valence-corrected chi connectivity index (χ3v) is 4.34. The van der Waals surface area contributed by atoms with Gasteiger partial charge in [0.25, 0.3) is 0 Å². The fourth-order valence-electron chi connectivity index (χ4n) is 2.02. The molecule has 2 aromatic rings. The topological polar surface area (TPSA) is 34.1 Å². The summed E-state index contributed by atoms with van der Waals surface area (Å²) in [5.41, 5.74) is 1.11. The van der Waals surface area contributed by atoms with Crippen molar-refractivity contribution in [3.8, 4) is 0 Å². The quantitative estimate of drug-likeness (QED) is 0.752. The molecule has 4 heteroatoms. The first-order chi connectivity index (χ1) is 9.42. The summed E-state index contributed by atoms with van der Waals surface area (Å²) < 4.78 is 6.88. The predicted octanol–water partition coefficient (Wildman–Crippen LogP) is 3.20. The maximum absolute atomic E-state index is 5.60. The monoisotopic (exact) mass is 276 g/mol. The van der Waals surface area contributed by atoms with Gasteiger partial charge >= 0.3 is 0 Å². The number of ether oxygens (including phenoxy) is 1. The van der Waals surface area contributed by atoms with E-state index in [1.165, 1.54) is 22.5 Å². The zero-order valence-corrected chi connectivity index (χ0v) is 11.9. The van der Waals surface area contributed by atoms with Crippen LogP contribution in [0.5, 0.6) is 0 Å². The molecule has 1 aromatic heterocycles. The van der Waals surface area contributed by atoms with Gasteiger partial charge in [0.2, 0.25) is 0 Å². The SMILES string of the molecule is c1ccc2sc(CNCCCOCC3CC3)nc2c1. The Morgan fingerprint density at radius 3 is 3.05 bits per heavy atom. The van der Waals surface area contributed by atoms with E-state index in [0.29, 0.717) is 0 Å². The van der Waals surface area contributed by atoms with E-state index in [4.69, 9.17) is 4.74 Å². The number of para-hydroxylation sites is 1. The number of benzene rings is 1. The molecule has 0 aliphatic heterocycles. The third-order valence-electron chi connectivity index (χ3n) is 3.31. The van der Waals surface area contributed by atoms with E-state index in [-0.39, 0.29) is 0 Å². The Bertz CT molecular complexity index is 489. The zero-order chi connectivity index (χ0) is 12.9. The maximum atomic E-state index is 5.60. The van der Waals surface area contributed by atoms with Crippen molar-refractivity contribution in [1.82, 2.24) is 10.3 Å². The van der Waals surface area contributed by atoms with Crippen LogP contribution < -0.4 is 5.32 Å². The highest BCUT2D eigenvalue weighted by Crippen LogP contribution is 2.28. The van der Waals surface area contributed by atoms with Gasteiger partial charge in [0, 0.05) is 19.8 Å². The van der Waals surface area contributed by atoms with Crippen LogP contribution in [0, 0.1) is 5.92 Å². The summed E-state index contributed by atoms with van der Waals surface area (Å²) in [6, 6.07) is 8.30. The van der Waals surface area contributed by atoms with Gasteiger partial charge in [-0.3, -0.25) is 0 Å². The molecular weight excluding hydrogens is 256 g/mol. The van der Waals surface area contributed by atoms with E-state index in [0.717, 1.165) is 44.2 Å². The summed E-state index contributed by atoms with van der Waals surface area (Å²) >= 11 is 1.77. The summed E-state index contributed by atoms with van der Waals surface area (Å²) in [4.78, 5) is 4.60. The number of nitrogens with zero attached hydrogens (tertiary/aromatic N) is 1. The first kappa shape index (κ1) is 13.0. The standard InChI is InChI=1S/C15H20N2OS/c1-2-5-14-13(4-1)17-15(19-14)10-16-8-3-9-18-11-12-6-7-12/h1-2,4-5,12,16H,3,6-11H2. The van der Waals surface area contributed by atoms with Crippen molar-refractivity contribution >= 4 is 21.6 Å². The summed E-state index contributed by atoms with van der Waals surface area (Å²) in [6.45, 7) is 3.71. The van der Waals surface area contributed by atoms with Crippen LogP contribution in [0.4, 0.5) is 0 Å². The Kier molecular flexibility index (Phi) is 4.43. The minimum Gasteiger partial charge on any atom is -0.381 e. The number of hydrogen-bond donors (Lipinski definition) is 1. The van der Waals surface area contributed by atoms with Gasteiger partial charge in [0.1, 0.15) is 5.01 Å². The molecule has 0 unspecified atom stereocenters. The van der Waals surface area contributed by atoms with Crippen molar-refractivity contribution in [1.29, 1.82) is 0 Å². The lowest BCUT2D eigenvalue weighted by Gasteiger charge is -2.03. The summed E-state index contributed by atoms with van der Waals surface area (Å²) in [6.07, 6.45) is 3.82. The molecule has 3 rings (SSSR count). The van der Waals surface area contributed by atoms with Gasteiger partial charge in [-0.25, -0.2) is 4.98 Å². The molecule has 0 saturated heterocycles. The first-order valence-electron chi connectivity index (χ1n) is 7.05. The van der Waals surface area contributed by atoms with E-state index in [9.17, 15) is 0 Å². The maximum Gasteiger partial charge on any atom is 0.108 e. The third kappa shape index (κ3) is 4.00. The van der Waals surface area contributed by atoms with Crippen LogP contribution >= 0.6 is 11.3 Å². The van der Waals surface area contributed by atoms with Crippen molar-refractivity contribution in [3.05, 3.63) is 29.3 Å². The molecule has 19 heavy (non-hydrogen) atoms. The molecule has 1 N–H and O–H groups in total. The average Bonchev–Trinajstić information content (AvgIpc) is 3.15. The van der Waals surface area contributed by atoms with Crippen molar-refractivity contribution in [2.75, 3.05) is 19.8 Å². The molecule has 1 fully saturated rings. The number of hydrogen-bond acceptors (Lipinski definition) is 4. The fourth-order valence-corrected chi connectivity index (χ4v) is 2.96. The number of aromatic nitrogens is 1. The molecule has 1 saturated carbocycles. The lowest BCUT2D eigenvalue weighted by molar-refractivity contribution is 0.122. The van der Waals surface area contributed by atoms with E-state index in [1.54, 1.807) is 11.3 Å². The molecule has 0 spiro atoms. The lowest BCUT2D eigenvalue weighted by Crippen LogP contribution is -2.16. The molecule has 1 aliphatic carbocycles. The van der Waals surface area contributed by atoms with Gasteiger partial charge in [-0.2, -0.15) is 0 Å². The van der Waals surface area contributed by atoms with Crippen molar-refractivity contribution < 1.29 is 4.74 Å². The van der Waals surface area contributed by atoms with Crippen molar-refractivity contribution in [2.45, 2.75) is 25.8 Å². The van der Waals surface area contributed by atoms with Gasteiger partial charge in [-0.1, -0.05) is 12.1 Å². The number of nitrogens with one attached hydrogen (secondary N) is 1. The van der Waals surface area contributed by atoms with Gasteiger partial charge in [-0.05, 0) is 43.9 Å². The zero-order valence-electron chi connectivity index (χ0n) is 11.1. The second-order valence-corrected chi connectivity index (χ2v) is 6.24. The Labute approximate surface area is 118 Å². The molecule has 1 heterocycles. The molecule has 1 aromatic carbocycles. The summed E-state index contributed by atoms with van der Waals surface area (Å²) in [5.74, 6) is 0.871. The highest BCUT2D eigenvalue weighted by atomic mass is 32.1. The molecule has 0 radical (unpaired) electrons. The lowest BCUT2D eigenvalue weighted by atomic mass is 10.3. The summed E-state index contributed by atoms with van der Waals surface area (Å²) in [5, 5.41) is 4.60. The fraction of sp³-hybridized carbons (Fsp3) is 0.533. The van der Waals surface area contributed by atoms with Crippen LogP contribution in [0.15, 0.2) is 24.3 Å². The van der Waals surface area contributed by atoms with Crippen LogP contribution in [0.1, 0.15) is 24.3 Å². The van der Waals surface area contributed by atoms with Crippen molar-refractivity contribution in [3.63, 3.8) is 0 Å². The molecular formula is C15H20N2OS. The van der Waals surface area contributed by atoms with Crippen LogP contribution in [0.2, 0.25) is 0 Å². The smallest absolute Gasteiger partial charge is 0.108 e. The first-order valence-corrected chi connectivity index (χ1v) is 7.86. The van der Waals surface area contributed by atoms with Crippen LogP contribution in [0.25, 0.3) is 10.2 Å². The Hall–Kier alpha value is -0.970. The van der Waals surface area contributed by atoms with Crippen LogP contribution in [-0.4, -0.2) is 24.7 Å². The Morgan fingerprint density at radius 2 is 2.21 bits per heavy atom. The minimum absolute atomic E-state index is 0.863. The highest BCUT2D eigenvalue weighted by Gasteiger charge is 2.20. The number of rotatable bonds is 8. The van der Waals surface area contributed by atoms with E-state index < -0.39 is 0 Å². The normalized spacial score (nSPS) is 15.2. The number of thiazole rings is 1. The van der Waals surface area contributed by atoms with Crippen LogP contribution in [-0.2, 0) is 11.3 Å². The summed E-state index contributed by atoms with van der Waals surface area (Å²) in [7, 11) is 0. The van der Waals surface area contributed by atoms with E-state index in [1.807, 2.05) is 6.07 Å². The highest BCUT2D eigenvalue weighted by molar-refractivity contribution is 7.18. The van der Waals surface area contributed by atoms with E-state index >= 15 is 0 Å².